The average molecular weight is 251 g/mol. The van der Waals surface area contributed by atoms with E-state index in [1.54, 1.807) is 0 Å². The Kier molecular flexibility index (Phi) is 3.72. The number of rotatable bonds is 3. The summed E-state index contributed by atoms with van der Waals surface area (Å²) >= 11 is 0. The van der Waals surface area contributed by atoms with Gasteiger partial charge in [0.25, 0.3) is 5.91 Å². The fraction of sp³-hybridized carbons (Fsp3) is 0.462. The second kappa shape index (κ2) is 5.27. The van der Waals surface area contributed by atoms with Crippen molar-refractivity contribution in [3.8, 4) is 11.5 Å². The van der Waals surface area contributed by atoms with Gasteiger partial charge in [-0.3, -0.25) is 4.79 Å². The maximum atomic E-state index is 11.8. The van der Waals surface area contributed by atoms with E-state index in [1.165, 1.54) is 18.2 Å². The lowest BCUT2D eigenvalue weighted by molar-refractivity contribution is 0.0944. The number of aliphatic hydroxyl groups is 1. The van der Waals surface area contributed by atoms with Gasteiger partial charge in [-0.1, -0.05) is 0 Å². The van der Waals surface area contributed by atoms with Crippen molar-refractivity contribution >= 4 is 5.91 Å². The zero-order valence-corrected chi connectivity index (χ0v) is 9.97. The molecule has 1 fully saturated rings. The van der Waals surface area contributed by atoms with Crippen molar-refractivity contribution in [3.05, 3.63) is 23.8 Å². The molecule has 1 aliphatic rings. The van der Waals surface area contributed by atoms with Crippen LogP contribution in [0.2, 0.25) is 0 Å². The highest BCUT2D eigenvalue weighted by molar-refractivity contribution is 5.95. The molecule has 1 saturated carbocycles. The number of hydrogen-bond acceptors (Lipinski definition) is 4. The van der Waals surface area contributed by atoms with Gasteiger partial charge in [0.1, 0.15) is 11.5 Å². The average Bonchev–Trinajstić information content (AvgIpc) is 2.70. The van der Waals surface area contributed by atoms with Gasteiger partial charge < -0.3 is 20.6 Å². The Morgan fingerprint density at radius 1 is 1.22 bits per heavy atom. The lowest BCUT2D eigenvalue weighted by Gasteiger charge is -2.11. The molecule has 1 amide bonds. The number of amides is 1. The van der Waals surface area contributed by atoms with Crippen molar-refractivity contribution in [2.45, 2.75) is 25.4 Å². The summed E-state index contributed by atoms with van der Waals surface area (Å²) in [6, 6.07) is 3.78. The van der Waals surface area contributed by atoms with Crippen LogP contribution >= 0.6 is 0 Å². The Hall–Kier alpha value is -1.75. The zero-order chi connectivity index (χ0) is 13.1. The number of carbonyl (C=O) groups is 1. The van der Waals surface area contributed by atoms with Crippen LogP contribution in [-0.2, 0) is 0 Å². The van der Waals surface area contributed by atoms with Crippen LogP contribution in [0.25, 0.3) is 0 Å². The molecule has 1 aliphatic carbocycles. The number of aromatic hydroxyl groups is 2. The van der Waals surface area contributed by atoms with E-state index in [-0.39, 0.29) is 29.1 Å². The van der Waals surface area contributed by atoms with E-state index < -0.39 is 0 Å². The van der Waals surface area contributed by atoms with Crippen LogP contribution in [0, 0.1) is 5.92 Å². The first kappa shape index (κ1) is 12.7. The summed E-state index contributed by atoms with van der Waals surface area (Å²) in [5.74, 6) is -0.315. The van der Waals surface area contributed by atoms with Gasteiger partial charge in [-0.25, -0.2) is 0 Å². The molecule has 1 aromatic carbocycles. The minimum atomic E-state index is -0.331. The normalized spacial score (nSPS) is 22.9. The van der Waals surface area contributed by atoms with Crippen molar-refractivity contribution in [3.63, 3.8) is 0 Å². The number of benzene rings is 1. The molecular formula is C13H17NO4. The molecule has 0 aromatic heterocycles. The Labute approximate surface area is 105 Å². The van der Waals surface area contributed by atoms with E-state index >= 15 is 0 Å². The zero-order valence-electron chi connectivity index (χ0n) is 9.97. The molecule has 0 aliphatic heterocycles. The third kappa shape index (κ3) is 3.13. The molecule has 98 valence electrons. The molecule has 5 nitrogen and oxygen atoms in total. The fourth-order valence-electron chi connectivity index (χ4n) is 2.30. The molecule has 2 rings (SSSR count). The minimum Gasteiger partial charge on any atom is -0.508 e. The topological polar surface area (TPSA) is 89.8 Å². The SMILES string of the molecule is O=C(NCC1CCC(O)C1)c1cc(O)cc(O)c1. The Balaban J connectivity index is 1.91. The molecule has 0 bridgehead atoms. The second-order valence-electron chi connectivity index (χ2n) is 4.78. The number of phenols is 2. The summed E-state index contributed by atoms with van der Waals surface area (Å²) in [6.07, 6.45) is 2.16. The molecule has 0 spiro atoms. The highest BCUT2D eigenvalue weighted by Crippen LogP contribution is 2.25. The van der Waals surface area contributed by atoms with Gasteiger partial charge in [0.15, 0.2) is 0 Å². The minimum absolute atomic E-state index is 0.142. The van der Waals surface area contributed by atoms with Gasteiger partial charge in [-0.2, -0.15) is 0 Å². The highest BCUT2D eigenvalue weighted by Gasteiger charge is 2.23. The molecule has 2 unspecified atom stereocenters. The van der Waals surface area contributed by atoms with Crippen LogP contribution in [-0.4, -0.2) is 33.9 Å². The third-order valence-corrected chi connectivity index (χ3v) is 3.23. The Morgan fingerprint density at radius 3 is 2.44 bits per heavy atom. The molecule has 1 aromatic rings. The van der Waals surface area contributed by atoms with Crippen LogP contribution in [0.15, 0.2) is 18.2 Å². The van der Waals surface area contributed by atoms with Gasteiger partial charge in [-0.05, 0) is 37.3 Å². The van der Waals surface area contributed by atoms with Crippen LogP contribution in [0.3, 0.4) is 0 Å². The summed E-state index contributed by atoms with van der Waals surface area (Å²) in [5.41, 5.74) is 0.228. The number of nitrogens with one attached hydrogen (secondary N) is 1. The maximum Gasteiger partial charge on any atom is 0.251 e. The maximum absolute atomic E-state index is 11.8. The summed E-state index contributed by atoms with van der Waals surface area (Å²) < 4.78 is 0. The van der Waals surface area contributed by atoms with E-state index in [0.717, 1.165) is 12.8 Å². The van der Waals surface area contributed by atoms with E-state index in [9.17, 15) is 20.1 Å². The summed E-state index contributed by atoms with van der Waals surface area (Å²) in [6.45, 7) is 0.506. The lowest BCUT2D eigenvalue weighted by Crippen LogP contribution is -2.28. The largest absolute Gasteiger partial charge is 0.508 e. The van der Waals surface area contributed by atoms with Crippen molar-refractivity contribution in [2.24, 2.45) is 5.92 Å². The van der Waals surface area contributed by atoms with Crippen LogP contribution < -0.4 is 5.32 Å². The lowest BCUT2D eigenvalue weighted by atomic mass is 10.1. The predicted octanol–water partition coefficient (Wildman–Crippen LogP) is 0.989. The van der Waals surface area contributed by atoms with Crippen molar-refractivity contribution in [1.29, 1.82) is 0 Å². The smallest absolute Gasteiger partial charge is 0.251 e. The third-order valence-electron chi connectivity index (χ3n) is 3.23. The number of hydrogen-bond donors (Lipinski definition) is 4. The Morgan fingerprint density at radius 2 is 1.89 bits per heavy atom. The van der Waals surface area contributed by atoms with Gasteiger partial charge in [-0.15, -0.1) is 0 Å². The molecule has 0 heterocycles. The van der Waals surface area contributed by atoms with Crippen molar-refractivity contribution in [2.75, 3.05) is 6.54 Å². The molecule has 4 N–H and O–H groups in total. The van der Waals surface area contributed by atoms with Crippen LogP contribution in [0.4, 0.5) is 0 Å². The first-order valence-electron chi connectivity index (χ1n) is 6.04. The summed E-state index contributed by atoms with van der Waals surface area (Å²) in [7, 11) is 0. The quantitative estimate of drug-likeness (QED) is 0.645. The molecule has 5 heteroatoms. The van der Waals surface area contributed by atoms with Gasteiger partial charge in [0.2, 0.25) is 0 Å². The first-order valence-corrected chi connectivity index (χ1v) is 6.04. The fourth-order valence-corrected chi connectivity index (χ4v) is 2.30. The van der Waals surface area contributed by atoms with Crippen molar-refractivity contribution < 1.29 is 20.1 Å². The van der Waals surface area contributed by atoms with E-state index in [2.05, 4.69) is 5.32 Å². The van der Waals surface area contributed by atoms with Gasteiger partial charge in [0.05, 0.1) is 6.10 Å². The molecular weight excluding hydrogens is 234 g/mol. The molecule has 0 saturated heterocycles. The van der Waals surface area contributed by atoms with Crippen molar-refractivity contribution in [1.82, 2.24) is 5.32 Å². The van der Waals surface area contributed by atoms with Crippen LogP contribution in [0.1, 0.15) is 29.6 Å². The second-order valence-corrected chi connectivity index (χ2v) is 4.78. The number of aliphatic hydroxyl groups excluding tert-OH is 1. The Bertz CT molecular complexity index is 426. The monoisotopic (exact) mass is 251 g/mol. The number of phenolic OH excluding ortho intramolecular Hbond substituents is 2. The van der Waals surface area contributed by atoms with Gasteiger partial charge >= 0.3 is 0 Å². The highest BCUT2D eigenvalue weighted by atomic mass is 16.3. The standard InChI is InChI=1S/C13H17NO4/c15-10-2-1-8(3-10)7-14-13(18)9-4-11(16)6-12(17)5-9/h4-6,8,10,15-17H,1-3,7H2,(H,14,18). The summed E-state index contributed by atoms with van der Waals surface area (Å²) in [4.78, 5) is 11.8. The molecule has 2 atom stereocenters. The number of carbonyl (C=O) groups excluding carboxylic acids is 1. The first-order chi connectivity index (χ1) is 8.54. The molecule has 18 heavy (non-hydrogen) atoms. The van der Waals surface area contributed by atoms with Crippen LogP contribution in [0.5, 0.6) is 11.5 Å². The molecule has 0 radical (unpaired) electrons. The predicted molar refractivity (Wildman–Crippen MR) is 65.5 cm³/mol. The van der Waals surface area contributed by atoms with Gasteiger partial charge in [0, 0.05) is 18.2 Å². The summed E-state index contributed by atoms with van der Waals surface area (Å²) in [5, 5.41) is 30.7. The van der Waals surface area contributed by atoms with E-state index in [4.69, 9.17) is 0 Å². The van der Waals surface area contributed by atoms with E-state index in [0.29, 0.717) is 18.9 Å². The van der Waals surface area contributed by atoms with E-state index in [1.807, 2.05) is 0 Å².